The summed E-state index contributed by atoms with van der Waals surface area (Å²) in [7, 11) is 0. The molecule has 0 bridgehead atoms. The van der Waals surface area contributed by atoms with Crippen molar-refractivity contribution in [3.8, 4) is 0 Å². The number of aldehydes is 1. The number of nitrogens with one attached hydrogen (secondary N) is 3. The highest BCUT2D eigenvalue weighted by atomic mass is 16.4. The molecule has 4 aromatic carbocycles. The molecular formula is C53H81N4O4-. The molecule has 0 spiro atoms. The third kappa shape index (κ3) is 22.4. The Morgan fingerprint density at radius 2 is 0.869 bits per heavy atom. The second-order valence-electron chi connectivity index (χ2n) is 12.5. The van der Waals surface area contributed by atoms with Gasteiger partial charge in [-0.25, -0.2) is 4.79 Å². The van der Waals surface area contributed by atoms with Gasteiger partial charge in [0.15, 0.2) is 6.29 Å². The quantitative estimate of drug-likeness (QED) is 0.0762. The fourth-order valence-electron chi connectivity index (χ4n) is 5.17. The summed E-state index contributed by atoms with van der Waals surface area (Å²) in [6.07, 6.45) is 11.0. The summed E-state index contributed by atoms with van der Waals surface area (Å²) in [5, 5.41) is 19.0. The van der Waals surface area contributed by atoms with Gasteiger partial charge in [0.25, 0.3) is 0 Å². The van der Waals surface area contributed by atoms with Gasteiger partial charge >= 0.3 is 5.97 Å². The van der Waals surface area contributed by atoms with E-state index in [1.165, 1.54) is 33.6 Å². The van der Waals surface area contributed by atoms with E-state index >= 15 is 0 Å². The lowest BCUT2D eigenvalue weighted by molar-refractivity contribution is -0.132. The number of carbonyl (C=O) groups excluding carboxylic acids is 1. The SMILES string of the molecule is C.C/C=C/C.CC.CC.CC.CC.CC1=Cc2ccccc2NC1C.CC1=Cc2ccccc2NC1C.CC1Nc2ccccc2C=C1C(=O)O.Nc1ccccc1C=O.[OH-]. The van der Waals surface area contributed by atoms with Crippen LogP contribution in [0.1, 0.15) is 138 Å². The maximum Gasteiger partial charge on any atom is 0.333 e. The summed E-state index contributed by atoms with van der Waals surface area (Å²) in [6.45, 7) is 30.5. The Morgan fingerprint density at radius 3 is 1.18 bits per heavy atom. The number of anilines is 4. The van der Waals surface area contributed by atoms with Gasteiger partial charge in [0.1, 0.15) is 0 Å². The van der Waals surface area contributed by atoms with Crippen molar-refractivity contribution in [2.75, 3.05) is 21.7 Å². The first-order valence-corrected chi connectivity index (χ1v) is 21.2. The van der Waals surface area contributed by atoms with Crippen molar-refractivity contribution in [2.24, 2.45) is 0 Å². The van der Waals surface area contributed by atoms with Gasteiger partial charge in [0.05, 0.1) is 11.6 Å². The molecule has 0 saturated carbocycles. The van der Waals surface area contributed by atoms with E-state index in [1.54, 1.807) is 30.3 Å². The molecule has 3 aliphatic heterocycles. The first-order valence-electron chi connectivity index (χ1n) is 21.2. The Labute approximate surface area is 371 Å². The van der Waals surface area contributed by atoms with Crippen LogP contribution in [0.5, 0.6) is 0 Å². The topological polar surface area (TPSA) is 146 Å². The Bertz CT molecular complexity index is 1820. The van der Waals surface area contributed by atoms with Crippen molar-refractivity contribution in [2.45, 2.75) is 129 Å². The van der Waals surface area contributed by atoms with Crippen LogP contribution in [-0.2, 0) is 4.79 Å². The number of carbonyl (C=O) groups is 2. The summed E-state index contributed by atoms with van der Waals surface area (Å²) < 4.78 is 0. The minimum absolute atomic E-state index is 0. The second kappa shape index (κ2) is 37.2. The van der Waals surface area contributed by atoms with Crippen molar-refractivity contribution >= 4 is 53.2 Å². The summed E-state index contributed by atoms with van der Waals surface area (Å²) >= 11 is 0. The molecule has 0 aromatic heterocycles. The van der Waals surface area contributed by atoms with Crippen LogP contribution in [0, 0.1) is 0 Å². The average molecular weight is 838 g/mol. The Balaban J connectivity index is -0.000000326. The van der Waals surface area contributed by atoms with E-state index in [-0.39, 0.29) is 18.9 Å². The van der Waals surface area contributed by atoms with Gasteiger partial charge < -0.3 is 32.3 Å². The zero-order valence-electron chi connectivity index (χ0n) is 39.2. The molecule has 4 aromatic rings. The number of para-hydroxylation sites is 4. The predicted molar refractivity (Wildman–Crippen MR) is 272 cm³/mol. The standard InChI is InChI=1S/C11H11NO2.2C11H13N.C7H7NO.C4H8.4C2H6.CH4.H2O/c1-7-9(11(13)14)6-8-4-2-3-5-10(8)12-7;2*1-8-7-10-5-3-4-6-11(10)12-9(8)2;8-7-4-2-1-3-6(7)5-9;1-3-4-2;4*1-2;;/h2-7,12H,1H3,(H,13,14);2*3-7,9,12H,1-2H3;1-5H,8H2;3-4H,1-2H3;4*1-2H3;1H4;1H2/p-1/b;;;;4-3+;;;;;;. The number of carboxylic acid groups (broad SMARTS) is 1. The van der Waals surface area contributed by atoms with Gasteiger partial charge in [-0.2, -0.15) is 0 Å². The number of fused-ring (bicyclic) bond motifs is 3. The lowest BCUT2D eigenvalue weighted by Crippen LogP contribution is -2.26. The van der Waals surface area contributed by atoms with E-state index in [0.717, 1.165) is 17.5 Å². The maximum absolute atomic E-state index is 10.9. The number of aliphatic carboxylic acids is 1. The number of benzene rings is 4. The van der Waals surface area contributed by atoms with E-state index in [2.05, 4.69) is 104 Å². The molecular weight excluding hydrogens is 757 g/mol. The molecule has 0 radical (unpaired) electrons. The van der Waals surface area contributed by atoms with Crippen LogP contribution in [0.15, 0.2) is 126 Å². The lowest BCUT2D eigenvalue weighted by Gasteiger charge is -2.22. The number of allylic oxidation sites excluding steroid dienone is 2. The van der Waals surface area contributed by atoms with E-state index in [4.69, 9.17) is 10.8 Å². The van der Waals surface area contributed by atoms with Crippen molar-refractivity contribution < 1.29 is 20.2 Å². The molecule has 3 aliphatic rings. The Kier molecular flexibility index (Phi) is 37.6. The fourth-order valence-corrected chi connectivity index (χ4v) is 5.17. The minimum Gasteiger partial charge on any atom is -0.870 e. The third-order valence-electron chi connectivity index (χ3n) is 8.61. The number of nitrogen functional groups attached to an aromatic ring is 1. The molecule has 8 heteroatoms. The monoisotopic (exact) mass is 838 g/mol. The number of rotatable bonds is 2. The highest BCUT2D eigenvalue weighted by Crippen LogP contribution is 2.28. The molecule has 61 heavy (non-hydrogen) atoms. The van der Waals surface area contributed by atoms with E-state index in [9.17, 15) is 9.59 Å². The third-order valence-corrected chi connectivity index (χ3v) is 8.61. The van der Waals surface area contributed by atoms with Gasteiger partial charge in [-0.15, -0.1) is 0 Å². The van der Waals surface area contributed by atoms with Crippen molar-refractivity contribution in [1.29, 1.82) is 0 Å². The van der Waals surface area contributed by atoms with E-state index < -0.39 is 5.97 Å². The Hall–Kier alpha value is -5.86. The largest absolute Gasteiger partial charge is 0.870 e. The Morgan fingerprint density at radius 1 is 0.557 bits per heavy atom. The molecule has 0 aliphatic carbocycles. The smallest absolute Gasteiger partial charge is 0.333 e. The van der Waals surface area contributed by atoms with Crippen molar-refractivity contribution in [3.63, 3.8) is 0 Å². The number of nitrogens with two attached hydrogens (primary N) is 1. The molecule has 338 valence electrons. The summed E-state index contributed by atoms with van der Waals surface area (Å²) in [5.41, 5.74) is 16.7. The number of carboxylic acids is 1. The normalized spacial score (nSPS) is 14.9. The molecule has 0 saturated heterocycles. The highest BCUT2D eigenvalue weighted by Gasteiger charge is 2.21. The van der Waals surface area contributed by atoms with Gasteiger partial charge in [0, 0.05) is 40.4 Å². The molecule has 3 unspecified atom stereocenters. The molecule has 3 heterocycles. The predicted octanol–water partition coefficient (Wildman–Crippen LogP) is 15.0. The van der Waals surface area contributed by atoms with Crippen LogP contribution in [0.25, 0.3) is 18.2 Å². The first kappa shape index (κ1) is 61.8. The van der Waals surface area contributed by atoms with Crippen LogP contribution in [0.3, 0.4) is 0 Å². The van der Waals surface area contributed by atoms with Crippen LogP contribution < -0.4 is 21.7 Å². The van der Waals surface area contributed by atoms with E-state index in [1.807, 2.05) is 113 Å². The summed E-state index contributed by atoms with van der Waals surface area (Å²) in [5.74, 6) is -0.862. The fraction of sp³-hybridized carbons (Fsp3) is 0.358. The van der Waals surface area contributed by atoms with Crippen molar-refractivity contribution in [3.05, 3.63) is 148 Å². The summed E-state index contributed by atoms with van der Waals surface area (Å²) in [4.78, 5) is 21.0. The molecule has 8 nitrogen and oxygen atoms in total. The van der Waals surface area contributed by atoms with Crippen LogP contribution in [0.4, 0.5) is 22.7 Å². The van der Waals surface area contributed by atoms with Crippen LogP contribution in [-0.4, -0.2) is 41.0 Å². The van der Waals surface area contributed by atoms with Crippen LogP contribution in [0.2, 0.25) is 0 Å². The molecule has 3 atom stereocenters. The molecule has 7 N–H and O–H groups in total. The van der Waals surface area contributed by atoms with Crippen molar-refractivity contribution in [1.82, 2.24) is 0 Å². The zero-order valence-corrected chi connectivity index (χ0v) is 39.2. The van der Waals surface area contributed by atoms with Crippen LogP contribution >= 0.6 is 0 Å². The van der Waals surface area contributed by atoms with Gasteiger partial charge in [-0.1, -0.05) is 165 Å². The highest BCUT2D eigenvalue weighted by molar-refractivity contribution is 5.97. The number of hydrogen-bond acceptors (Lipinski definition) is 7. The lowest BCUT2D eigenvalue weighted by atomic mass is 9.99. The zero-order chi connectivity index (χ0) is 45.3. The maximum atomic E-state index is 10.9. The van der Waals surface area contributed by atoms with Gasteiger partial charge in [0.2, 0.25) is 0 Å². The van der Waals surface area contributed by atoms with Gasteiger partial charge in [-0.05, 0) is 102 Å². The molecule has 0 amide bonds. The number of hydrogen-bond donors (Lipinski definition) is 5. The van der Waals surface area contributed by atoms with E-state index in [0.29, 0.717) is 28.9 Å². The second-order valence-corrected chi connectivity index (χ2v) is 12.5. The minimum atomic E-state index is -0.862. The summed E-state index contributed by atoms with van der Waals surface area (Å²) in [6, 6.07) is 32.2. The first-order chi connectivity index (χ1) is 28.5. The van der Waals surface area contributed by atoms with Gasteiger partial charge in [-0.3, -0.25) is 4.79 Å². The average Bonchev–Trinajstić information content (AvgIpc) is 3.28. The molecule has 0 fully saturated rings. The molecule has 7 rings (SSSR count).